The van der Waals surface area contributed by atoms with Gasteiger partial charge in [-0.2, -0.15) is 0 Å². The van der Waals surface area contributed by atoms with Crippen LogP contribution in [0.5, 0.6) is 11.5 Å². The summed E-state index contributed by atoms with van der Waals surface area (Å²) in [5.74, 6) is 2.38. The van der Waals surface area contributed by atoms with Crippen LogP contribution in [0, 0.1) is 11.8 Å². The fourth-order valence-electron chi connectivity index (χ4n) is 5.24. The van der Waals surface area contributed by atoms with Crippen LogP contribution in [0.4, 0.5) is 4.79 Å². The summed E-state index contributed by atoms with van der Waals surface area (Å²) in [4.78, 5) is 17.8. The highest BCUT2D eigenvalue weighted by molar-refractivity contribution is 7.09. The molecule has 6 nitrogen and oxygen atoms in total. The number of amides is 1. The summed E-state index contributed by atoms with van der Waals surface area (Å²) >= 11 is 1.59. The molecule has 1 aromatic heterocycles. The van der Waals surface area contributed by atoms with E-state index in [1.807, 2.05) is 30.5 Å². The Morgan fingerprint density at radius 2 is 2.00 bits per heavy atom. The molecule has 7 heteroatoms. The lowest BCUT2D eigenvalue weighted by Gasteiger charge is -2.26. The highest BCUT2D eigenvalue weighted by Gasteiger charge is 2.50. The first-order valence-corrected chi connectivity index (χ1v) is 11.7. The molecule has 2 fully saturated rings. The number of hydrogen-bond donors (Lipinski definition) is 1. The number of fused-ring (bicyclic) bond motifs is 2. The maximum atomic E-state index is 11.8. The van der Waals surface area contributed by atoms with Gasteiger partial charge >= 0.3 is 6.09 Å². The van der Waals surface area contributed by atoms with Gasteiger partial charge in [-0.3, -0.25) is 0 Å². The molecule has 0 radical (unpaired) electrons. The molecule has 0 bridgehead atoms. The average molecular weight is 439 g/mol. The monoisotopic (exact) mass is 438 g/mol. The number of carboxylic acid groups (broad SMARTS) is 1. The molecule has 4 atom stereocenters. The van der Waals surface area contributed by atoms with E-state index in [1.54, 1.807) is 22.4 Å². The molecule has 1 saturated carbocycles. The van der Waals surface area contributed by atoms with Gasteiger partial charge in [-0.05, 0) is 66.6 Å². The second kappa shape index (κ2) is 8.38. The zero-order valence-corrected chi connectivity index (χ0v) is 18.3. The van der Waals surface area contributed by atoms with E-state index < -0.39 is 6.09 Å². The third-order valence-electron chi connectivity index (χ3n) is 6.54. The molecule has 2 aromatic carbocycles. The van der Waals surface area contributed by atoms with Gasteiger partial charge in [0, 0.05) is 30.6 Å². The maximum absolute atomic E-state index is 11.8. The predicted octanol–water partition coefficient (Wildman–Crippen LogP) is 5.07. The molecule has 1 unspecified atom stereocenters. The molecule has 1 aliphatic carbocycles. The first-order chi connectivity index (χ1) is 15.1. The average Bonchev–Trinajstić information content (AvgIpc) is 3.46. The number of thiazole rings is 1. The van der Waals surface area contributed by atoms with Crippen LogP contribution in [-0.4, -0.2) is 46.4 Å². The van der Waals surface area contributed by atoms with Crippen LogP contribution >= 0.6 is 11.3 Å². The number of likely N-dealkylation sites (tertiary alicyclic amines) is 1. The molecule has 0 spiro atoms. The van der Waals surface area contributed by atoms with Crippen molar-refractivity contribution < 1.29 is 19.4 Å². The third-order valence-corrected chi connectivity index (χ3v) is 7.34. The molecule has 2 heterocycles. The summed E-state index contributed by atoms with van der Waals surface area (Å²) in [6.07, 6.45) is 3.52. The van der Waals surface area contributed by atoms with Crippen molar-refractivity contribution in [3.63, 3.8) is 0 Å². The predicted molar refractivity (Wildman–Crippen MR) is 120 cm³/mol. The van der Waals surface area contributed by atoms with Crippen molar-refractivity contribution in [2.24, 2.45) is 11.8 Å². The van der Waals surface area contributed by atoms with Gasteiger partial charge < -0.3 is 19.5 Å². The fourth-order valence-corrected chi connectivity index (χ4v) is 5.91. The second-order valence-electron chi connectivity index (χ2n) is 8.37. The van der Waals surface area contributed by atoms with Crippen molar-refractivity contribution in [2.75, 3.05) is 13.2 Å². The molecule has 162 valence electrons. The molecule has 3 aromatic rings. The van der Waals surface area contributed by atoms with Crippen molar-refractivity contribution in [1.29, 1.82) is 0 Å². The van der Waals surface area contributed by atoms with Crippen LogP contribution in [0.1, 0.15) is 24.8 Å². The van der Waals surface area contributed by atoms with Gasteiger partial charge in [-0.1, -0.05) is 12.1 Å². The number of rotatable bonds is 6. The van der Waals surface area contributed by atoms with E-state index in [1.165, 1.54) is 0 Å². The summed E-state index contributed by atoms with van der Waals surface area (Å²) in [7, 11) is 0. The minimum atomic E-state index is -0.826. The van der Waals surface area contributed by atoms with E-state index in [0.717, 1.165) is 40.1 Å². The first-order valence-electron chi connectivity index (χ1n) is 10.8. The Balaban J connectivity index is 1.30. The number of ether oxygens (including phenoxy) is 2. The lowest BCUT2D eigenvalue weighted by Crippen LogP contribution is -2.39. The molecule has 1 aliphatic heterocycles. The van der Waals surface area contributed by atoms with E-state index in [2.05, 4.69) is 23.2 Å². The van der Waals surface area contributed by atoms with Crippen LogP contribution in [0.3, 0.4) is 0 Å². The van der Waals surface area contributed by atoms with Gasteiger partial charge in [0.05, 0.1) is 17.7 Å². The van der Waals surface area contributed by atoms with E-state index in [9.17, 15) is 9.90 Å². The van der Waals surface area contributed by atoms with Crippen LogP contribution in [-0.2, 0) is 6.42 Å². The maximum Gasteiger partial charge on any atom is 0.407 e. The van der Waals surface area contributed by atoms with Crippen molar-refractivity contribution >= 4 is 28.2 Å². The molecule has 1 N–H and O–H groups in total. The molecular formula is C24H26N2O4S. The van der Waals surface area contributed by atoms with Gasteiger partial charge in [0.1, 0.15) is 11.5 Å². The summed E-state index contributed by atoms with van der Waals surface area (Å²) < 4.78 is 12.0. The van der Waals surface area contributed by atoms with Gasteiger partial charge in [0.25, 0.3) is 0 Å². The number of aromatic nitrogens is 1. The van der Waals surface area contributed by atoms with Crippen LogP contribution in [0.25, 0.3) is 10.8 Å². The van der Waals surface area contributed by atoms with E-state index in [4.69, 9.17) is 9.47 Å². The topological polar surface area (TPSA) is 71.9 Å². The highest BCUT2D eigenvalue weighted by atomic mass is 32.1. The zero-order valence-electron chi connectivity index (χ0n) is 17.4. The molecule has 31 heavy (non-hydrogen) atoms. The SMILES string of the molecule is CCOc1ccc2ccc(O[C@H]3C[C@H]4CN(C(=O)O)C(Cc5nccs5)[C@H]4C3)cc2c1. The minimum Gasteiger partial charge on any atom is -0.494 e. The third kappa shape index (κ3) is 4.06. The summed E-state index contributed by atoms with van der Waals surface area (Å²) in [5, 5.41) is 14.9. The largest absolute Gasteiger partial charge is 0.494 e. The van der Waals surface area contributed by atoms with Crippen molar-refractivity contribution in [2.45, 2.75) is 38.3 Å². The lowest BCUT2D eigenvalue weighted by molar-refractivity contribution is 0.123. The number of nitrogens with zero attached hydrogens (tertiary/aromatic N) is 2. The number of carbonyl (C=O) groups is 1. The molecule has 2 aliphatic rings. The Kier molecular flexibility index (Phi) is 5.44. The Bertz CT molecular complexity index is 1070. The van der Waals surface area contributed by atoms with E-state index >= 15 is 0 Å². The summed E-state index contributed by atoms with van der Waals surface area (Å²) in [6.45, 7) is 3.21. The molecule has 5 rings (SSSR count). The Morgan fingerprint density at radius 1 is 1.19 bits per heavy atom. The quantitative estimate of drug-likeness (QED) is 0.582. The first kappa shape index (κ1) is 20.1. The van der Waals surface area contributed by atoms with Crippen LogP contribution in [0.15, 0.2) is 48.0 Å². The second-order valence-corrected chi connectivity index (χ2v) is 9.35. The lowest BCUT2D eigenvalue weighted by atomic mass is 9.92. The van der Waals surface area contributed by atoms with Gasteiger partial charge in [0.2, 0.25) is 0 Å². The molecule has 1 amide bonds. The van der Waals surface area contributed by atoms with Crippen LogP contribution < -0.4 is 9.47 Å². The van der Waals surface area contributed by atoms with Gasteiger partial charge in [-0.15, -0.1) is 11.3 Å². The minimum absolute atomic E-state index is 0.0207. The Labute approximate surface area is 185 Å². The summed E-state index contributed by atoms with van der Waals surface area (Å²) in [5.41, 5.74) is 0. The van der Waals surface area contributed by atoms with Crippen LogP contribution in [0.2, 0.25) is 0 Å². The van der Waals surface area contributed by atoms with Gasteiger partial charge in [-0.25, -0.2) is 9.78 Å². The molecule has 1 saturated heterocycles. The number of benzene rings is 2. The van der Waals surface area contributed by atoms with E-state index in [0.29, 0.717) is 31.4 Å². The summed E-state index contributed by atoms with van der Waals surface area (Å²) in [6, 6.07) is 12.2. The zero-order chi connectivity index (χ0) is 21.4. The van der Waals surface area contributed by atoms with Crippen molar-refractivity contribution in [3.05, 3.63) is 53.0 Å². The highest BCUT2D eigenvalue weighted by Crippen LogP contribution is 2.45. The van der Waals surface area contributed by atoms with E-state index in [-0.39, 0.29) is 12.1 Å². The van der Waals surface area contributed by atoms with Crippen molar-refractivity contribution in [1.82, 2.24) is 9.88 Å². The fraction of sp³-hybridized carbons (Fsp3) is 0.417. The standard InChI is InChI=1S/C24H26N2O4S/c1-2-29-18-5-3-15-4-6-19(10-16(15)9-18)30-20-11-17-14-26(24(27)28)22(21(17)12-20)13-23-25-7-8-31-23/h3-10,17,20-22H,2,11-14H2,1H3,(H,27,28)/t17-,20-,21-,22?/m0/s1. The Morgan fingerprint density at radius 3 is 2.74 bits per heavy atom. The van der Waals surface area contributed by atoms with Crippen molar-refractivity contribution in [3.8, 4) is 11.5 Å². The van der Waals surface area contributed by atoms with Gasteiger partial charge in [0.15, 0.2) is 0 Å². The smallest absolute Gasteiger partial charge is 0.407 e. The Hall–Kier alpha value is -2.80. The molecular weight excluding hydrogens is 412 g/mol. The number of hydrogen-bond acceptors (Lipinski definition) is 5. The normalized spacial score (nSPS) is 25.0.